The van der Waals surface area contributed by atoms with Crippen LogP contribution in [0.5, 0.6) is 0 Å². The molecular formula is C11H17N3O2S. The van der Waals surface area contributed by atoms with Crippen molar-refractivity contribution in [1.29, 1.82) is 0 Å². The third-order valence-electron chi connectivity index (χ3n) is 2.75. The van der Waals surface area contributed by atoms with Crippen LogP contribution in [-0.4, -0.2) is 31.8 Å². The van der Waals surface area contributed by atoms with E-state index in [4.69, 9.17) is 0 Å². The molecule has 0 amide bonds. The molecule has 0 aliphatic heterocycles. The van der Waals surface area contributed by atoms with E-state index < -0.39 is 10.8 Å². The molecule has 1 aliphatic rings. The minimum Gasteiger partial charge on any atom is -0.365 e. The molecule has 1 aliphatic carbocycles. The molecule has 6 heteroatoms. The lowest BCUT2D eigenvalue weighted by Gasteiger charge is -2.07. The van der Waals surface area contributed by atoms with Crippen molar-refractivity contribution in [3.8, 4) is 0 Å². The smallest absolute Gasteiger partial charge is 0.293 e. The van der Waals surface area contributed by atoms with Crippen LogP contribution in [0.4, 0.5) is 5.82 Å². The molecule has 0 aromatic carbocycles. The summed E-state index contributed by atoms with van der Waals surface area (Å²) in [5, 5.41) is 2.96. The standard InChI is InChI=1S/C11H17N3O2S/c1-2-17(16)8-6-13-10-11(15)14(7-5-12-10)9-3-4-9/h5,7,9H,2-4,6,8H2,1H3,(H,12,13). The van der Waals surface area contributed by atoms with E-state index in [0.29, 0.717) is 29.9 Å². The van der Waals surface area contributed by atoms with E-state index in [1.165, 1.54) is 0 Å². The van der Waals surface area contributed by atoms with Crippen LogP contribution >= 0.6 is 0 Å². The lowest BCUT2D eigenvalue weighted by molar-refractivity contribution is 0.683. The van der Waals surface area contributed by atoms with Crippen molar-refractivity contribution in [2.24, 2.45) is 0 Å². The SMILES string of the molecule is CCS(=O)CCNc1nccn(C2CC2)c1=O. The van der Waals surface area contributed by atoms with Gasteiger partial charge < -0.3 is 9.88 Å². The zero-order valence-corrected chi connectivity index (χ0v) is 10.7. The predicted molar refractivity (Wildman–Crippen MR) is 68.8 cm³/mol. The Labute approximate surface area is 103 Å². The third-order valence-corrected chi connectivity index (χ3v) is 4.06. The first kappa shape index (κ1) is 12.3. The van der Waals surface area contributed by atoms with E-state index in [2.05, 4.69) is 10.3 Å². The Bertz CT molecular complexity index is 468. The molecule has 1 unspecified atom stereocenters. The minimum absolute atomic E-state index is 0.0720. The Balaban J connectivity index is 1.98. The summed E-state index contributed by atoms with van der Waals surface area (Å²) in [6.45, 7) is 2.41. The molecule has 0 radical (unpaired) electrons. The van der Waals surface area contributed by atoms with Crippen molar-refractivity contribution >= 4 is 16.6 Å². The van der Waals surface area contributed by atoms with E-state index in [1.807, 2.05) is 6.92 Å². The number of nitrogens with zero attached hydrogens (tertiary/aromatic N) is 2. The van der Waals surface area contributed by atoms with Crippen LogP contribution in [0.3, 0.4) is 0 Å². The second-order valence-electron chi connectivity index (χ2n) is 4.08. The second kappa shape index (κ2) is 5.44. The molecule has 0 spiro atoms. The lowest BCUT2D eigenvalue weighted by atomic mass is 10.5. The molecule has 5 nitrogen and oxygen atoms in total. The summed E-state index contributed by atoms with van der Waals surface area (Å²) in [5.74, 6) is 1.57. The van der Waals surface area contributed by atoms with Gasteiger partial charge in [0.05, 0.1) is 0 Å². The Kier molecular flexibility index (Phi) is 3.93. The average molecular weight is 255 g/mol. The molecule has 94 valence electrons. The molecule has 1 aromatic heterocycles. The predicted octanol–water partition coefficient (Wildman–Crippen LogP) is 0.759. The molecule has 1 atom stereocenters. The highest BCUT2D eigenvalue weighted by atomic mass is 32.2. The fourth-order valence-electron chi connectivity index (χ4n) is 1.61. The summed E-state index contributed by atoms with van der Waals surface area (Å²) in [7, 11) is -0.808. The van der Waals surface area contributed by atoms with Crippen molar-refractivity contribution in [2.75, 3.05) is 23.4 Å². The quantitative estimate of drug-likeness (QED) is 0.815. The number of hydrogen-bond donors (Lipinski definition) is 1. The van der Waals surface area contributed by atoms with E-state index in [-0.39, 0.29) is 5.56 Å². The van der Waals surface area contributed by atoms with Gasteiger partial charge in [0.15, 0.2) is 5.82 Å². The van der Waals surface area contributed by atoms with Gasteiger partial charge in [0.2, 0.25) is 0 Å². The normalized spacial score (nSPS) is 16.8. The fourth-order valence-corrected chi connectivity index (χ4v) is 2.23. The Morgan fingerprint density at radius 1 is 1.59 bits per heavy atom. The van der Waals surface area contributed by atoms with E-state index in [9.17, 15) is 9.00 Å². The molecular weight excluding hydrogens is 238 g/mol. The first-order valence-corrected chi connectivity index (χ1v) is 7.37. The zero-order valence-electron chi connectivity index (χ0n) is 9.89. The van der Waals surface area contributed by atoms with Gasteiger partial charge in [-0.3, -0.25) is 9.00 Å². The van der Waals surface area contributed by atoms with Crippen molar-refractivity contribution in [2.45, 2.75) is 25.8 Å². The van der Waals surface area contributed by atoms with Crippen molar-refractivity contribution in [3.63, 3.8) is 0 Å². The van der Waals surface area contributed by atoms with Gasteiger partial charge in [0, 0.05) is 47.3 Å². The maximum atomic E-state index is 12.0. The fraction of sp³-hybridized carbons (Fsp3) is 0.636. The number of rotatable bonds is 6. The van der Waals surface area contributed by atoms with Crippen LogP contribution in [0.2, 0.25) is 0 Å². The monoisotopic (exact) mass is 255 g/mol. The molecule has 1 aromatic rings. The van der Waals surface area contributed by atoms with E-state index in [0.717, 1.165) is 12.8 Å². The molecule has 1 fully saturated rings. The highest BCUT2D eigenvalue weighted by Gasteiger charge is 2.25. The van der Waals surface area contributed by atoms with Crippen LogP contribution in [0.25, 0.3) is 0 Å². The maximum absolute atomic E-state index is 12.0. The molecule has 2 rings (SSSR count). The third kappa shape index (κ3) is 3.15. The lowest BCUT2D eigenvalue weighted by Crippen LogP contribution is -2.25. The number of anilines is 1. The summed E-state index contributed by atoms with van der Waals surface area (Å²) in [6, 6.07) is 0.357. The summed E-state index contributed by atoms with van der Waals surface area (Å²) in [4.78, 5) is 16.0. The Morgan fingerprint density at radius 2 is 2.35 bits per heavy atom. The molecule has 17 heavy (non-hydrogen) atoms. The number of hydrogen-bond acceptors (Lipinski definition) is 4. The highest BCUT2D eigenvalue weighted by molar-refractivity contribution is 7.84. The van der Waals surface area contributed by atoms with Crippen molar-refractivity contribution in [3.05, 3.63) is 22.7 Å². The zero-order chi connectivity index (χ0) is 12.3. The van der Waals surface area contributed by atoms with Gasteiger partial charge in [-0.05, 0) is 12.8 Å². The molecule has 0 saturated heterocycles. The van der Waals surface area contributed by atoms with Crippen LogP contribution in [0.1, 0.15) is 25.8 Å². The molecule has 1 saturated carbocycles. The Morgan fingerprint density at radius 3 is 3.00 bits per heavy atom. The largest absolute Gasteiger partial charge is 0.365 e. The molecule has 1 N–H and O–H groups in total. The summed E-state index contributed by atoms with van der Waals surface area (Å²) in [6.07, 6.45) is 5.51. The van der Waals surface area contributed by atoms with Crippen LogP contribution in [0, 0.1) is 0 Å². The molecule has 1 heterocycles. The molecule has 0 bridgehead atoms. The highest BCUT2D eigenvalue weighted by Crippen LogP contribution is 2.33. The van der Waals surface area contributed by atoms with Crippen LogP contribution in [-0.2, 0) is 10.8 Å². The van der Waals surface area contributed by atoms with Gasteiger partial charge in [-0.15, -0.1) is 0 Å². The minimum atomic E-state index is -0.808. The summed E-state index contributed by atoms with van der Waals surface area (Å²) in [5.41, 5.74) is -0.0720. The van der Waals surface area contributed by atoms with Gasteiger partial charge in [-0.1, -0.05) is 6.92 Å². The van der Waals surface area contributed by atoms with Gasteiger partial charge in [-0.2, -0.15) is 0 Å². The van der Waals surface area contributed by atoms with E-state index in [1.54, 1.807) is 17.0 Å². The second-order valence-corrected chi connectivity index (χ2v) is 5.94. The number of nitrogens with one attached hydrogen (secondary N) is 1. The van der Waals surface area contributed by atoms with Crippen molar-refractivity contribution < 1.29 is 4.21 Å². The first-order chi connectivity index (χ1) is 8.22. The maximum Gasteiger partial charge on any atom is 0.293 e. The number of aromatic nitrogens is 2. The van der Waals surface area contributed by atoms with Crippen LogP contribution < -0.4 is 10.9 Å². The average Bonchev–Trinajstić information content (AvgIpc) is 3.15. The van der Waals surface area contributed by atoms with Crippen LogP contribution in [0.15, 0.2) is 17.2 Å². The van der Waals surface area contributed by atoms with Gasteiger partial charge in [-0.25, -0.2) is 4.98 Å². The summed E-state index contributed by atoms with van der Waals surface area (Å²) < 4.78 is 13.0. The van der Waals surface area contributed by atoms with Gasteiger partial charge in [0.25, 0.3) is 5.56 Å². The first-order valence-electron chi connectivity index (χ1n) is 5.88. The van der Waals surface area contributed by atoms with Crippen molar-refractivity contribution in [1.82, 2.24) is 9.55 Å². The summed E-state index contributed by atoms with van der Waals surface area (Å²) >= 11 is 0. The topological polar surface area (TPSA) is 64.0 Å². The Hall–Kier alpha value is -1.17. The van der Waals surface area contributed by atoms with Gasteiger partial charge in [0.1, 0.15) is 0 Å². The van der Waals surface area contributed by atoms with E-state index >= 15 is 0 Å². The van der Waals surface area contributed by atoms with Gasteiger partial charge >= 0.3 is 0 Å².